The SMILES string of the molecule is Cc1cnc(N(C)CCO)c2cccc(N)c12. The van der Waals surface area contributed by atoms with E-state index in [1.165, 1.54) is 0 Å². The fourth-order valence-corrected chi connectivity index (χ4v) is 2.05. The van der Waals surface area contributed by atoms with E-state index in [2.05, 4.69) is 4.98 Å². The van der Waals surface area contributed by atoms with E-state index in [1.807, 2.05) is 43.3 Å². The van der Waals surface area contributed by atoms with Crippen LogP contribution in [-0.4, -0.2) is 30.3 Å². The molecule has 1 heterocycles. The summed E-state index contributed by atoms with van der Waals surface area (Å²) in [5, 5.41) is 11.1. The number of aromatic nitrogens is 1. The first-order valence-corrected chi connectivity index (χ1v) is 5.61. The van der Waals surface area contributed by atoms with E-state index < -0.39 is 0 Å². The van der Waals surface area contributed by atoms with Crippen molar-refractivity contribution in [3.8, 4) is 0 Å². The van der Waals surface area contributed by atoms with Gasteiger partial charge in [0.25, 0.3) is 0 Å². The number of likely N-dealkylation sites (N-methyl/N-ethyl adjacent to an activating group) is 1. The minimum atomic E-state index is 0.107. The summed E-state index contributed by atoms with van der Waals surface area (Å²) in [4.78, 5) is 6.36. The quantitative estimate of drug-likeness (QED) is 0.787. The Labute approximate surface area is 101 Å². The highest BCUT2D eigenvalue weighted by molar-refractivity contribution is 6.01. The van der Waals surface area contributed by atoms with Gasteiger partial charge in [0.05, 0.1) is 6.61 Å². The first-order chi connectivity index (χ1) is 8.15. The van der Waals surface area contributed by atoms with Crippen molar-refractivity contribution in [2.75, 3.05) is 30.8 Å². The molecule has 4 heteroatoms. The minimum absolute atomic E-state index is 0.107. The number of benzene rings is 1. The Hall–Kier alpha value is -1.81. The Morgan fingerprint density at radius 2 is 2.18 bits per heavy atom. The maximum atomic E-state index is 8.99. The van der Waals surface area contributed by atoms with Crippen LogP contribution in [0.3, 0.4) is 0 Å². The summed E-state index contributed by atoms with van der Waals surface area (Å²) in [6.45, 7) is 2.66. The van der Waals surface area contributed by atoms with E-state index in [9.17, 15) is 0 Å². The van der Waals surface area contributed by atoms with E-state index in [4.69, 9.17) is 10.8 Å². The molecule has 2 aromatic rings. The Balaban J connectivity index is 2.66. The van der Waals surface area contributed by atoms with E-state index in [0.29, 0.717) is 6.54 Å². The number of hydrogen-bond acceptors (Lipinski definition) is 4. The standard InChI is InChI=1S/C13H17N3O/c1-9-8-15-13(16(2)6-7-17)10-4-3-5-11(14)12(9)10/h3-5,8,17H,6-7,14H2,1-2H3. The van der Waals surface area contributed by atoms with Crippen LogP contribution in [0.25, 0.3) is 10.8 Å². The lowest BCUT2D eigenvalue weighted by Gasteiger charge is -2.19. The van der Waals surface area contributed by atoms with Crippen molar-refractivity contribution >= 4 is 22.3 Å². The molecule has 4 nitrogen and oxygen atoms in total. The summed E-state index contributed by atoms with van der Waals surface area (Å²) in [6, 6.07) is 5.83. The third kappa shape index (κ3) is 2.03. The summed E-state index contributed by atoms with van der Waals surface area (Å²) in [6.07, 6.45) is 1.82. The average molecular weight is 231 g/mol. The molecule has 0 atom stereocenters. The van der Waals surface area contributed by atoms with Crippen molar-refractivity contribution in [2.24, 2.45) is 0 Å². The van der Waals surface area contributed by atoms with Gasteiger partial charge in [-0.1, -0.05) is 12.1 Å². The zero-order chi connectivity index (χ0) is 12.4. The lowest BCUT2D eigenvalue weighted by atomic mass is 10.1. The lowest BCUT2D eigenvalue weighted by Crippen LogP contribution is -2.22. The van der Waals surface area contributed by atoms with Crippen molar-refractivity contribution in [2.45, 2.75) is 6.92 Å². The van der Waals surface area contributed by atoms with Gasteiger partial charge in [0, 0.05) is 36.2 Å². The second-order valence-electron chi connectivity index (χ2n) is 4.18. The van der Waals surface area contributed by atoms with Crippen LogP contribution in [0.2, 0.25) is 0 Å². The number of aliphatic hydroxyl groups is 1. The number of anilines is 2. The fourth-order valence-electron chi connectivity index (χ4n) is 2.05. The number of aryl methyl sites for hydroxylation is 1. The van der Waals surface area contributed by atoms with Crippen LogP contribution in [-0.2, 0) is 0 Å². The molecule has 0 radical (unpaired) electrons. The number of pyridine rings is 1. The van der Waals surface area contributed by atoms with Crippen LogP contribution < -0.4 is 10.6 Å². The van der Waals surface area contributed by atoms with Gasteiger partial charge in [-0.3, -0.25) is 0 Å². The molecule has 0 amide bonds. The average Bonchev–Trinajstić information content (AvgIpc) is 2.29. The van der Waals surface area contributed by atoms with Gasteiger partial charge < -0.3 is 15.7 Å². The molecule has 0 unspecified atom stereocenters. The molecule has 2 rings (SSSR count). The number of fused-ring (bicyclic) bond motifs is 1. The van der Waals surface area contributed by atoms with E-state index >= 15 is 0 Å². The molecule has 0 spiro atoms. The minimum Gasteiger partial charge on any atom is -0.398 e. The zero-order valence-electron chi connectivity index (χ0n) is 10.1. The maximum absolute atomic E-state index is 8.99. The Morgan fingerprint density at radius 3 is 2.88 bits per heavy atom. The zero-order valence-corrected chi connectivity index (χ0v) is 10.1. The molecule has 17 heavy (non-hydrogen) atoms. The largest absolute Gasteiger partial charge is 0.398 e. The number of nitrogen functional groups attached to an aromatic ring is 1. The van der Waals surface area contributed by atoms with Crippen LogP contribution in [0.4, 0.5) is 11.5 Å². The van der Waals surface area contributed by atoms with Gasteiger partial charge >= 0.3 is 0 Å². The molecule has 90 valence electrons. The highest BCUT2D eigenvalue weighted by Gasteiger charge is 2.10. The van der Waals surface area contributed by atoms with Crippen LogP contribution in [0.1, 0.15) is 5.56 Å². The molecule has 0 saturated carbocycles. The summed E-state index contributed by atoms with van der Waals surface area (Å²) < 4.78 is 0. The molecule has 1 aromatic heterocycles. The van der Waals surface area contributed by atoms with Crippen LogP contribution in [0.5, 0.6) is 0 Å². The highest BCUT2D eigenvalue weighted by Crippen LogP contribution is 2.30. The van der Waals surface area contributed by atoms with Gasteiger partial charge in [-0.25, -0.2) is 4.98 Å². The highest BCUT2D eigenvalue weighted by atomic mass is 16.3. The van der Waals surface area contributed by atoms with Crippen molar-refractivity contribution in [3.63, 3.8) is 0 Å². The number of rotatable bonds is 3. The van der Waals surface area contributed by atoms with Crippen molar-refractivity contribution < 1.29 is 5.11 Å². The monoisotopic (exact) mass is 231 g/mol. The van der Waals surface area contributed by atoms with E-state index in [0.717, 1.165) is 27.8 Å². The molecule has 0 aliphatic heterocycles. The molecule has 0 fully saturated rings. The number of nitrogens with zero attached hydrogens (tertiary/aromatic N) is 2. The first kappa shape index (κ1) is 11.7. The molecule has 0 saturated heterocycles. The molecule has 0 aliphatic rings. The number of nitrogens with two attached hydrogens (primary N) is 1. The van der Waals surface area contributed by atoms with Crippen molar-refractivity contribution in [3.05, 3.63) is 30.0 Å². The second-order valence-corrected chi connectivity index (χ2v) is 4.18. The fraction of sp³-hybridized carbons (Fsp3) is 0.308. The topological polar surface area (TPSA) is 62.4 Å². The maximum Gasteiger partial charge on any atom is 0.136 e. The molecule has 3 N–H and O–H groups in total. The molecule has 1 aromatic carbocycles. The lowest BCUT2D eigenvalue weighted by molar-refractivity contribution is 0.304. The van der Waals surface area contributed by atoms with E-state index in [1.54, 1.807) is 0 Å². The van der Waals surface area contributed by atoms with Gasteiger partial charge in [0.15, 0.2) is 0 Å². The van der Waals surface area contributed by atoms with Gasteiger partial charge in [0.1, 0.15) is 5.82 Å². The summed E-state index contributed by atoms with van der Waals surface area (Å²) >= 11 is 0. The van der Waals surface area contributed by atoms with Gasteiger partial charge in [-0.15, -0.1) is 0 Å². The Bertz CT molecular complexity index is 531. The summed E-state index contributed by atoms with van der Waals surface area (Å²) in [7, 11) is 1.91. The second kappa shape index (κ2) is 4.59. The number of hydrogen-bond donors (Lipinski definition) is 2. The van der Waals surface area contributed by atoms with Crippen molar-refractivity contribution in [1.29, 1.82) is 0 Å². The van der Waals surface area contributed by atoms with Crippen molar-refractivity contribution in [1.82, 2.24) is 4.98 Å². The Kier molecular flexibility index (Phi) is 3.15. The summed E-state index contributed by atoms with van der Waals surface area (Å²) in [5.41, 5.74) is 7.84. The van der Waals surface area contributed by atoms with Gasteiger partial charge in [0.2, 0.25) is 0 Å². The van der Waals surface area contributed by atoms with Gasteiger partial charge in [-0.05, 0) is 18.6 Å². The predicted molar refractivity (Wildman–Crippen MR) is 71.2 cm³/mol. The van der Waals surface area contributed by atoms with E-state index in [-0.39, 0.29) is 6.61 Å². The number of aliphatic hydroxyl groups excluding tert-OH is 1. The smallest absolute Gasteiger partial charge is 0.136 e. The Morgan fingerprint density at radius 1 is 1.41 bits per heavy atom. The summed E-state index contributed by atoms with van der Waals surface area (Å²) in [5.74, 6) is 0.854. The molecule has 0 bridgehead atoms. The van der Waals surface area contributed by atoms with Crippen LogP contribution in [0.15, 0.2) is 24.4 Å². The predicted octanol–water partition coefficient (Wildman–Crippen LogP) is 1.55. The first-order valence-electron chi connectivity index (χ1n) is 5.61. The molecular formula is C13H17N3O. The normalized spacial score (nSPS) is 10.8. The third-order valence-corrected chi connectivity index (χ3v) is 2.91. The third-order valence-electron chi connectivity index (χ3n) is 2.91. The van der Waals surface area contributed by atoms with Crippen LogP contribution in [0, 0.1) is 6.92 Å². The van der Waals surface area contributed by atoms with Gasteiger partial charge in [-0.2, -0.15) is 0 Å². The molecule has 0 aliphatic carbocycles. The van der Waals surface area contributed by atoms with Crippen LogP contribution >= 0.6 is 0 Å². The molecular weight excluding hydrogens is 214 g/mol.